The van der Waals surface area contributed by atoms with E-state index in [0.29, 0.717) is 16.1 Å². The summed E-state index contributed by atoms with van der Waals surface area (Å²) in [5.74, 6) is -0.747. The zero-order valence-corrected chi connectivity index (χ0v) is 17.9. The van der Waals surface area contributed by atoms with Crippen LogP contribution in [0.25, 0.3) is 10.4 Å². The van der Waals surface area contributed by atoms with E-state index in [4.69, 9.17) is 0 Å². The second-order valence-electron chi connectivity index (χ2n) is 7.34. The smallest absolute Gasteiger partial charge is 0.394 e. The van der Waals surface area contributed by atoms with Crippen molar-refractivity contribution >= 4 is 28.9 Å². The van der Waals surface area contributed by atoms with Crippen molar-refractivity contribution in [2.24, 2.45) is 0 Å². The number of nitrogens with zero attached hydrogens (tertiary/aromatic N) is 3. The summed E-state index contributed by atoms with van der Waals surface area (Å²) in [5.41, 5.74) is -0.285. The van der Waals surface area contributed by atoms with Crippen LogP contribution in [0, 0.1) is 6.92 Å². The number of rotatable bonds is 7. The summed E-state index contributed by atoms with van der Waals surface area (Å²) < 4.78 is 38.7. The SMILES string of the molecule is Cc1cc(Nc2nccc(C(F)(F)F)n2)cc(-c2cnc(C(=O)NC(C)(CO)CO)s2)c1. The fourth-order valence-electron chi connectivity index (χ4n) is 2.67. The molecule has 170 valence electrons. The molecule has 2 aromatic heterocycles. The zero-order valence-electron chi connectivity index (χ0n) is 17.1. The lowest BCUT2D eigenvalue weighted by atomic mass is 10.1. The second-order valence-corrected chi connectivity index (χ2v) is 8.37. The first kappa shape index (κ1) is 23.6. The molecule has 32 heavy (non-hydrogen) atoms. The zero-order chi connectivity index (χ0) is 23.5. The highest BCUT2D eigenvalue weighted by Gasteiger charge is 2.32. The van der Waals surface area contributed by atoms with Crippen LogP contribution in [-0.2, 0) is 6.18 Å². The molecule has 0 radical (unpaired) electrons. The molecule has 4 N–H and O–H groups in total. The molecule has 1 aromatic carbocycles. The molecule has 3 aromatic rings. The van der Waals surface area contributed by atoms with E-state index in [0.717, 1.165) is 29.2 Å². The Bertz CT molecular complexity index is 1120. The number of alkyl halides is 3. The summed E-state index contributed by atoms with van der Waals surface area (Å²) in [6.45, 7) is 2.41. The predicted molar refractivity (Wildman–Crippen MR) is 113 cm³/mol. The fourth-order valence-corrected chi connectivity index (χ4v) is 3.47. The molecule has 8 nitrogen and oxygen atoms in total. The largest absolute Gasteiger partial charge is 0.433 e. The Morgan fingerprint density at radius 2 is 1.88 bits per heavy atom. The number of benzene rings is 1. The van der Waals surface area contributed by atoms with Crippen LogP contribution in [0.2, 0.25) is 0 Å². The number of aliphatic hydroxyl groups is 2. The number of hydrogen-bond donors (Lipinski definition) is 4. The van der Waals surface area contributed by atoms with Crippen LogP contribution in [0.15, 0.2) is 36.7 Å². The van der Waals surface area contributed by atoms with Crippen molar-refractivity contribution in [1.29, 1.82) is 0 Å². The number of thiazole rings is 1. The summed E-state index contributed by atoms with van der Waals surface area (Å²) in [6.07, 6.45) is -2.07. The first-order valence-electron chi connectivity index (χ1n) is 9.32. The molecule has 2 heterocycles. The van der Waals surface area contributed by atoms with Crippen LogP contribution in [0.1, 0.15) is 28.0 Å². The molecule has 0 fully saturated rings. The predicted octanol–water partition coefficient (Wildman–Crippen LogP) is 3.14. The van der Waals surface area contributed by atoms with Crippen LogP contribution in [0.3, 0.4) is 0 Å². The van der Waals surface area contributed by atoms with Crippen molar-refractivity contribution in [2.75, 3.05) is 18.5 Å². The first-order chi connectivity index (χ1) is 15.0. The first-order valence-corrected chi connectivity index (χ1v) is 10.1. The third-order valence-corrected chi connectivity index (χ3v) is 5.42. The Balaban J connectivity index is 1.83. The van der Waals surface area contributed by atoms with E-state index in [1.807, 2.05) is 13.0 Å². The maximum Gasteiger partial charge on any atom is 0.433 e. The van der Waals surface area contributed by atoms with Crippen molar-refractivity contribution in [3.63, 3.8) is 0 Å². The van der Waals surface area contributed by atoms with Gasteiger partial charge in [0.1, 0.15) is 5.69 Å². The van der Waals surface area contributed by atoms with Crippen molar-refractivity contribution < 1.29 is 28.2 Å². The number of halogens is 3. The highest BCUT2D eigenvalue weighted by atomic mass is 32.1. The minimum atomic E-state index is -4.58. The number of nitrogens with one attached hydrogen (secondary N) is 2. The normalized spacial score (nSPS) is 12.0. The molecule has 3 rings (SSSR count). The van der Waals surface area contributed by atoms with Gasteiger partial charge in [-0.2, -0.15) is 13.2 Å². The number of aliphatic hydroxyl groups excluding tert-OH is 2. The third kappa shape index (κ3) is 5.58. The lowest BCUT2D eigenvalue weighted by Crippen LogP contribution is -2.51. The molecule has 0 spiro atoms. The summed E-state index contributed by atoms with van der Waals surface area (Å²) in [7, 11) is 0. The van der Waals surface area contributed by atoms with Crippen LogP contribution < -0.4 is 10.6 Å². The van der Waals surface area contributed by atoms with Crippen LogP contribution in [0.4, 0.5) is 24.8 Å². The van der Waals surface area contributed by atoms with Crippen molar-refractivity contribution in [2.45, 2.75) is 25.6 Å². The summed E-state index contributed by atoms with van der Waals surface area (Å²) in [6, 6.07) is 6.02. The molecule has 0 saturated heterocycles. The number of amides is 1. The standard InChI is InChI=1S/C20H20F3N5O3S/c1-11-5-12(14-8-25-17(32-14)16(31)28-19(2,9-29)10-30)7-13(6-11)26-18-24-4-3-15(27-18)20(21,22)23/h3-8,29-30H,9-10H2,1-2H3,(H,28,31)(H,24,26,27). The monoisotopic (exact) mass is 467 g/mol. The van der Waals surface area contributed by atoms with E-state index in [1.165, 1.54) is 13.1 Å². The molecule has 0 aliphatic rings. The minimum Gasteiger partial charge on any atom is -0.394 e. The van der Waals surface area contributed by atoms with E-state index in [-0.39, 0.29) is 11.0 Å². The Kier molecular flexibility index (Phi) is 6.77. The molecular formula is C20H20F3N5O3S. The molecule has 0 saturated carbocycles. The Morgan fingerprint density at radius 3 is 2.53 bits per heavy atom. The Labute approximate surface area is 185 Å². The van der Waals surface area contributed by atoms with E-state index >= 15 is 0 Å². The highest BCUT2D eigenvalue weighted by Crippen LogP contribution is 2.31. The van der Waals surface area contributed by atoms with Gasteiger partial charge in [-0.25, -0.2) is 15.0 Å². The van der Waals surface area contributed by atoms with Gasteiger partial charge in [0.2, 0.25) is 5.95 Å². The molecule has 12 heteroatoms. The quantitative estimate of drug-likeness (QED) is 0.421. The minimum absolute atomic E-state index is 0.130. The summed E-state index contributed by atoms with van der Waals surface area (Å²) in [4.78, 5) is 24.5. The fraction of sp³-hybridized carbons (Fsp3) is 0.300. The number of carbonyl (C=O) groups excluding carboxylic acids is 1. The molecule has 1 amide bonds. The maximum absolute atomic E-state index is 12.9. The van der Waals surface area contributed by atoms with Crippen LogP contribution in [-0.4, -0.2) is 49.8 Å². The van der Waals surface area contributed by atoms with E-state index in [2.05, 4.69) is 25.6 Å². The van der Waals surface area contributed by atoms with E-state index < -0.39 is 36.5 Å². The van der Waals surface area contributed by atoms with Crippen molar-refractivity contribution in [1.82, 2.24) is 20.3 Å². The molecule has 0 unspecified atom stereocenters. The van der Waals surface area contributed by atoms with Gasteiger partial charge in [-0.3, -0.25) is 4.79 Å². The van der Waals surface area contributed by atoms with Crippen LogP contribution in [0.5, 0.6) is 0 Å². The lowest BCUT2D eigenvalue weighted by Gasteiger charge is -2.25. The second kappa shape index (κ2) is 9.18. The topological polar surface area (TPSA) is 120 Å². The number of aromatic nitrogens is 3. The van der Waals surface area contributed by atoms with Gasteiger partial charge in [0.15, 0.2) is 5.01 Å². The van der Waals surface area contributed by atoms with Gasteiger partial charge in [-0.15, -0.1) is 11.3 Å². The molecule has 0 bridgehead atoms. The summed E-state index contributed by atoms with van der Waals surface area (Å²) >= 11 is 1.09. The number of aryl methyl sites for hydroxylation is 1. The van der Waals surface area contributed by atoms with Crippen molar-refractivity contribution in [3.8, 4) is 10.4 Å². The van der Waals surface area contributed by atoms with Gasteiger partial charge in [-0.05, 0) is 43.2 Å². The Hall–Kier alpha value is -3.09. The number of carbonyl (C=O) groups is 1. The molecular weight excluding hydrogens is 447 g/mol. The Morgan fingerprint density at radius 1 is 1.16 bits per heavy atom. The van der Waals surface area contributed by atoms with Gasteiger partial charge in [0, 0.05) is 18.1 Å². The molecule has 0 aliphatic carbocycles. The molecule has 0 aliphatic heterocycles. The average Bonchev–Trinajstić information content (AvgIpc) is 3.23. The third-order valence-electron chi connectivity index (χ3n) is 4.38. The van der Waals surface area contributed by atoms with Gasteiger partial charge in [-0.1, -0.05) is 6.07 Å². The van der Waals surface area contributed by atoms with Crippen LogP contribution >= 0.6 is 11.3 Å². The van der Waals surface area contributed by atoms with E-state index in [9.17, 15) is 28.2 Å². The average molecular weight is 467 g/mol. The summed E-state index contributed by atoms with van der Waals surface area (Å²) in [5, 5.41) is 24.1. The van der Waals surface area contributed by atoms with Crippen molar-refractivity contribution in [3.05, 3.63) is 52.9 Å². The number of hydrogen-bond acceptors (Lipinski definition) is 8. The molecule has 0 atom stereocenters. The maximum atomic E-state index is 12.9. The van der Waals surface area contributed by atoms with Gasteiger partial charge >= 0.3 is 6.18 Å². The van der Waals surface area contributed by atoms with Gasteiger partial charge < -0.3 is 20.8 Å². The highest BCUT2D eigenvalue weighted by molar-refractivity contribution is 7.17. The number of anilines is 2. The van der Waals surface area contributed by atoms with E-state index in [1.54, 1.807) is 12.1 Å². The lowest BCUT2D eigenvalue weighted by molar-refractivity contribution is -0.141. The van der Waals surface area contributed by atoms with Gasteiger partial charge in [0.25, 0.3) is 5.91 Å². The van der Waals surface area contributed by atoms with Gasteiger partial charge in [0.05, 0.1) is 23.6 Å².